The van der Waals surface area contributed by atoms with Crippen molar-refractivity contribution < 1.29 is 33.6 Å². The second kappa shape index (κ2) is 10.3. The fourth-order valence-corrected chi connectivity index (χ4v) is 3.93. The molecule has 1 N–H and O–H groups in total. The monoisotopic (exact) mass is 480 g/mol. The first-order valence-electron chi connectivity index (χ1n) is 11.3. The second-order valence-electron chi connectivity index (χ2n) is 9.12. The van der Waals surface area contributed by atoms with E-state index in [4.69, 9.17) is 18.9 Å². The summed E-state index contributed by atoms with van der Waals surface area (Å²) in [5.41, 5.74) is 0.923. The van der Waals surface area contributed by atoms with Crippen molar-refractivity contribution in [2.24, 2.45) is 5.92 Å². The fraction of sp³-hybridized carbons (Fsp3) is 0.357. The van der Waals surface area contributed by atoms with Crippen LogP contribution < -0.4 is 18.9 Å². The topological polar surface area (TPSA) is 91.3 Å². The smallest absolute Gasteiger partial charge is 0.181 e. The summed E-state index contributed by atoms with van der Waals surface area (Å²) in [7, 11) is 4.37. The molecule has 0 amide bonds. The van der Waals surface area contributed by atoms with Gasteiger partial charge in [0, 0.05) is 12.1 Å². The summed E-state index contributed by atoms with van der Waals surface area (Å²) < 4.78 is 22.0. The van der Waals surface area contributed by atoms with Crippen molar-refractivity contribution in [3.05, 3.63) is 58.7 Å². The quantitative estimate of drug-likeness (QED) is 0.282. The maximum atomic E-state index is 13.9. The van der Waals surface area contributed by atoms with Crippen molar-refractivity contribution >= 4 is 17.6 Å². The molecule has 0 aromatic heterocycles. The van der Waals surface area contributed by atoms with Crippen LogP contribution in [0.4, 0.5) is 0 Å². The number of ketones is 2. The zero-order chi connectivity index (χ0) is 25.9. The van der Waals surface area contributed by atoms with Crippen LogP contribution >= 0.6 is 0 Å². The molecule has 1 aliphatic heterocycles. The Kier molecular flexibility index (Phi) is 7.58. The Morgan fingerprint density at radius 1 is 1.03 bits per heavy atom. The van der Waals surface area contributed by atoms with E-state index in [9.17, 15) is 14.7 Å². The zero-order valence-corrected chi connectivity index (χ0v) is 21.2. The summed E-state index contributed by atoms with van der Waals surface area (Å²) in [6.45, 7) is 7.54. The van der Waals surface area contributed by atoms with Crippen molar-refractivity contribution in [2.75, 3.05) is 21.3 Å². The van der Waals surface area contributed by atoms with Crippen molar-refractivity contribution in [1.29, 1.82) is 0 Å². The summed E-state index contributed by atoms with van der Waals surface area (Å²) in [5, 5.41) is 11.1. The number of methoxy groups -OCH3 is 3. The largest absolute Gasteiger partial charge is 0.506 e. The van der Waals surface area contributed by atoms with Gasteiger partial charge < -0.3 is 24.1 Å². The third-order valence-electron chi connectivity index (χ3n) is 5.83. The maximum Gasteiger partial charge on any atom is 0.181 e. The van der Waals surface area contributed by atoms with E-state index in [0.717, 1.165) is 5.57 Å². The van der Waals surface area contributed by atoms with Gasteiger partial charge in [0.05, 0.1) is 38.4 Å². The van der Waals surface area contributed by atoms with Gasteiger partial charge in [-0.2, -0.15) is 0 Å². The van der Waals surface area contributed by atoms with Crippen molar-refractivity contribution in [3.63, 3.8) is 0 Å². The molecule has 2 aromatic carbocycles. The molecule has 0 aliphatic carbocycles. The van der Waals surface area contributed by atoms with Gasteiger partial charge in [0.2, 0.25) is 0 Å². The van der Waals surface area contributed by atoms with Gasteiger partial charge in [0.1, 0.15) is 39.9 Å². The molecule has 1 heterocycles. The molecular weight excluding hydrogens is 448 g/mol. The number of Topliss-reactive ketones (excluding diaryl/α,β-unsaturated/α-hetero) is 2. The number of hydrogen-bond donors (Lipinski definition) is 1. The molecular formula is C28H32O7. The lowest BCUT2D eigenvalue weighted by atomic mass is 9.85. The van der Waals surface area contributed by atoms with Gasteiger partial charge in [-0.1, -0.05) is 11.6 Å². The minimum atomic E-state index is -1.12. The Bertz CT molecular complexity index is 1200. The van der Waals surface area contributed by atoms with Crippen molar-refractivity contribution in [2.45, 2.75) is 39.7 Å². The summed E-state index contributed by atoms with van der Waals surface area (Å²) in [6.07, 6.45) is 5.48. The molecule has 1 aliphatic rings. The molecule has 7 heteroatoms. The van der Waals surface area contributed by atoms with Gasteiger partial charge in [0.25, 0.3) is 0 Å². The summed E-state index contributed by atoms with van der Waals surface area (Å²) >= 11 is 0. The fourth-order valence-electron chi connectivity index (χ4n) is 3.93. The Morgan fingerprint density at radius 2 is 1.71 bits per heavy atom. The van der Waals surface area contributed by atoms with E-state index in [1.54, 1.807) is 36.4 Å². The first kappa shape index (κ1) is 25.9. The van der Waals surface area contributed by atoms with Crippen LogP contribution in [0.25, 0.3) is 6.08 Å². The van der Waals surface area contributed by atoms with Crippen LogP contribution in [-0.4, -0.2) is 43.6 Å². The lowest BCUT2D eigenvalue weighted by Gasteiger charge is -2.29. The van der Waals surface area contributed by atoms with Gasteiger partial charge in [-0.3, -0.25) is 9.59 Å². The van der Waals surface area contributed by atoms with Crippen LogP contribution in [0, 0.1) is 5.92 Å². The molecule has 0 fully saturated rings. The molecule has 1 unspecified atom stereocenters. The Hall–Kier alpha value is -3.74. The summed E-state index contributed by atoms with van der Waals surface area (Å²) in [6, 6.07) is 6.38. The van der Waals surface area contributed by atoms with Gasteiger partial charge in [-0.15, -0.1) is 0 Å². The first-order chi connectivity index (χ1) is 16.5. The summed E-state index contributed by atoms with van der Waals surface area (Å²) in [5.74, 6) is -1.04. The highest BCUT2D eigenvalue weighted by molar-refractivity contribution is 6.19. The molecule has 1 atom stereocenters. The number of aromatic hydroxyl groups is 1. The van der Waals surface area contributed by atoms with E-state index in [-0.39, 0.29) is 29.0 Å². The molecule has 2 aromatic rings. The molecule has 3 rings (SSSR count). The predicted molar refractivity (Wildman–Crippen MR) is 134 cm³/mol. The van der Waals surface area contributed by atoms with Crippen LogP contribution in [0.15, 0.2) is 42.0 Å². The SMILES string of the molecule is COc1ccc(C(=O)C(CC=C(C)C)C(=O)c2c(OC)cc3c(c2O)C=CC(C)(C)O3)c(OC)c1. The number of benzene rings is 2. The van der Waals surface area contributed by atoms with Gasteiger partial charge in [0.15, 0.2) is 11.6 Å². The number of phenols is 1. The minimum absolute atomic E-state index is 0.0628. The van der Waals surface area contributed by atoms with E-state index >= 15 is 0 Å². The first-order valence-corrected chi connectivity index (χ1v) is 11.3. The van der Waals surface area contributed by atoms with E-state index < -0.39 is 23.1 Å². The molecule has 0 radical (unpaired) electrons. The van der Waals surface area contributed by atoms with Gasteiger partial charge in [-0.25, -0.2) is 0 Å². The van der Waals surface area contributed by atoms with Gasteiger partial charge >= 0.3 is 0 Å². The van der Waals surface area contributed by atoms with E-state index in [1.165, 1.54) is 21.3 Å². The highest BCUT2D eigenvalue weighted by Gasteiger charge is 2.36. The van der Waals surface area contributed by atoms with E-state index in [0.29, 0.717) is 22.8 Å². The van der Waals surface area contributed by atoms with Crippen LogP contribution in [-0.2, 0) is 0 Å². The molecule has 0 saturated heterocycles. The lowest BCUT2D eigenvalue weighted by molar-refractivity contribution is 0.0804. The predicted octanol–water partition coefficient (Wildman–Crippen LogP) is 5.64. The van der Waals surface area contributed by atoms with Crippen molar-refractivity contribution in [3.8, 4) is 28.7 Å². The van der Waals surface area contributed by atoms with E-state index in [1.807, 2.05) is 33.8 Å². The van der Waals surface area contributed by atoms with Gasteiger partial charge in [-0.05, 0) is 58.4 Å². The maximum absolute atomic E-state index is 13.9. The van der Waals surface area contributed by atoms with Crippen LogP contribution in [0.2, 0.25) is 0 Å². The Balaban J connectivity index is 2.14. The number of allylic oxidation sites excluding steroid dienone is 2. The molecule has 7 nitrogen and oxygen atoms in total. The number of rotatable bonds is 9. The zero-order valence-electron chi connectivity index (χ0n) is 21.2. The van der Waals surface area contributed by atoms with Crippen molar-refractivity contribution in [1.82, 2.24) is 0 Å². The number of carbonyl (C=O) groups excluding carboxylic acids is 2. The average Bonchev–Trinajstić information content (AvgIpc) is 2.82. The number of ether oxygens (including phenoxy) is 4. The number of fused-ring (bicyclic) bond motifs is 1. The standard InChI is InChI=1S/C28H32O7/c1-16(2)8-10-20(25(29)18-11-9-17(32-5)14-21(18)33-6)27(31)24-23(34-7)15-22-19(26(24)30)12-13-28(3,4)35-22/h8-9,11-15,20,30H,10H2,1-7H3. The normalized spacial score (nSPS) is 14.3. The molecule has 35 heavy (non-hydrogen) atoms. The number of phenolic OH excluding ortho intramolecular Hbond substituents is 1. The average molecular weight is 481 g/mol. The molecule has 186 valence electrons. The second-order valence-corrected chi connectivity index (χ2v) is 9.12. The Labute approximate surface area is 206 Å². The van der Waals surface area contributed by atoms with Crippen LogP contribution in [0.5, 0.6) is 28.7 Å². The molecule has 0 saturated carbocycles. The molecule has 0 bridgehead atoms. The third kappa shape index (κ3) is 5.34. The Morgan fingerprint density at radius 3 is 2.31 bits per heavy atom. The lowest BCUT2D eigenvalue weighted by Crippen LogP contribution is -2.28. The molecule has 0 spiro atoms. The minimum Gasteiger partial charge on any atom is -0.506 e. The number of carbonyl (C=O) groups is 2. The highest BCUT2D eigenvalue weighted by atomic mass is 16.5. The summed E-state index contributed by atoms with van der Waals surface area (Å²) in [4.78, 5) is 27.6. The highest BCUT2D eigenvalue weighted by Crippen LogP contribution is 2.44. The number of hydrogen-bond acceptors (Lipinski definition) is 7. The van der Waals surface area contributed by atoms with Crippen LogP contribution in [0.3, 0.4) is 0 Å². The third-order valence-corrected chi connectivity index (χ3v) is 5.83. The van der Waals surface area contributed by atoms with E-state index in [2.05, 4.69) is 0 Å². The van der Waals surface area contributed by atoms with Crippen LogP contribution in [0.1, 0.15) is 60.4 Å².